The number of hydrogen-bond donors (Lipinski definition) is 1. The van der Waals surface area contributed by atoms with Crippen LogP contribution in [0.2, 0.25) is 5.15 Å². The molecule has 3 rings (SSSR count). The van der Waals surface area contributed by atoms with Gasteiger partial charge in [0.25, 0.3) is 5.09 Å². The first-order valence-corrected chi connectivity index (χ1v) is 9.00. The number of amides is 1. The van der Waals surface area contributed by atoms with Crippen molar-refractivity contribution in [3.8, 4) is 11.6 Å². The third kappa shape index (κ3) is 5.03. The number of aryl methyl sites for hydroxylation is 1. The van der Waals surface area contributed by atoms with Crippen LogP contribution in [-0.4, -0.2) is 52.2 Å². The van der Waals surface area contributed by atoms with E-state index in [2.05, 4.69) is 25.1 Å². The van der Waals surface area contributed by atoms with Crippen molar-refractivity contribution in [1.82, 2.24) is 14.9 Å². The molecule has 1 amide bonds. The first-order chi connectivity index (χ1) is 14.4. The van der Waals surface area contributed by atoms with Crippen LogP contribution in [0.15, 0.2) is 29.3 Å². The monoisotopic (exact) mass is 436 g/mol. The van der Waals surface area contributed by atoms with Gasteiger partial charge in [0.05, 0.1) is 20.2 Å². The molecule has 0 bridgehead atoms. The number of rotatable bonds is 6. The Balaban J connectivity index is 1.67. The topological polar surface area (TPSA) is 141 Å². The van der Waals surface area contributed by atoms with Crippen LogP contribution in [0.25, 0.3) is 0 Å². The number of nitrogens with zero attached hydrogens (tertiary/aromatic N) is 5. The molecule has 1 aromatic carbocycles. The summed E-state index contributed by atoms with van der Waals surface area (Å²) in [7, 11) is 1.44. The Hall–Kier alpha value is -3.67. The molecule has 30 heavy (non-hydrogen) atoms. The summed E-state index contributed by atoms with van der Waals surface area (Å²) in [4.78, 5) is 40.9. The molecular formula is C17H17ClN6O6. The summed E-state index contributed by atoms with van der Waals surface area (Å²) in [5.74, 6) is 1.11. The van der Waals surface area contributed by atoms with E-state index in [9.17, 15) is 14.9 Å². The maximum absolute atomic E-state index is 12.6. The van der Waals surface area contributed by atoms with Crippen molar-refractivity contribution in [2.75, 3.05) is 25.5 Å². The van der Waals surface area contributed by atoms with Crippen LogP contribution in [0.1, 0.15) is 11.4 Å². The van der Waals surface area contributed by atoms with E-state index in [0.29, 0.717) is 24.5 Å². The summed E-state index contributed by atoms with van der Waals surface area (Å²) in [6.07, 6.45) is -0.670. The molecular weight excluding hydrogens is 420 g/mol. The van der Waals surface area contributed by atoms with E-state index < -0.39 is 11.2 Å². The number of methoxy groups -OCH3 is 1. The van der Waals surface area contributed by atoms with E-state index in [1.54, 1.807) is 19.1 Å². The lowest BCUT2D eigenvalue weighted by atomic mass is 10.2. The third-order valence-electron chi connectivity index (χ3n) is 3.90. The van der Waals surface area contributed by atoms with Crippen molar-refractivity contribution in [2.45, 2.75) is 13.5 Å². The lowest BCUT2D eigenvalue weighted by Gasteiger charge is -2.20. The Bertz CT molecular complexity index is 983. The van der Waals surface area contributed by atoms with Crippen LogP contribution in [0, 0.1) is 17.0 Å². The number of ether oxygens (including phenoxy) is 2. The Morgan fingerprint density at radius 3 is 2.73 bits per heavy atom. The highest BCUT2D eigenvalue weighted by Crippen LogP contribution is 2.29. The molecule has 0 unspecified atom stereocenters. The second-order valence-corrected chi connectivity index (χ2v) is 6.29. The van der Waals surface area contributed by atoms with Gasteiger partial charge in [-0.3, -0.25) is 4.99 Å². The summed E-state index contributed by atoms with van der Waals surface area (Å²) in [5, 5.41) is 12.4. The molecule has 0 atom stereocenters. The number of guanidine groups is 1. The zero-order valence-electron chi connectivity index (χ0n) is 16.0. The smallest absolute Gasteiger partial charge is 0.422 e. The van der Waals surface area contributed by atoms with Gasteiger partial charge in [0, 0.05) is 0 Å². The van der Waals surface area contributed by atoms with Crippen molar-refractivity contribution in [3.05, 3.63) is 50.9 Å². The average molecular weight is 437 g/mol. The minimum Gasteiger partial charge on any atom is -0.479 e. The lowest BCUT2D eigenvalue weighted by Crippen LogP contribution is -2.40. The molecule has 0 fully saturated rings. The minimum atomic E-state index is -0.879. The number of aromatic nitrogens is 2. The molecule has 1 aromatic heterocycles. The first kappa shape index (κ1) is 21.0. The fourth-order valence-corrected chi connectivity index (χ4v) is 2.80. The van der Waals surface area contributed by atoms with Crippen LogP contribution < -0.4 is 14.8 Å². The van der Waals surface area contributed by atoms with E-state index in [0.717, 1.165) is 0 Å². The summed E-state index contributed by atoms with van der Waals surface area (Å²) in [6, 6.07) is 6.12. The van der Waals surface area contributed by atoms with Gasteiger partial charge in [-0.25, -0.2) is 14.7 Å². The standard InChI is InChI=1S/C17H17ClN6O6/c1-10-20-14(18)13(15(21-10)28-2)22-16-19-7-8-23(16)17(25)30-12-5-3-11(4-6-12)9-29-24(26)27/h3-6H,7-9H2,1-2H3,(H,19,22). The predicted molar refractivity (Wildman–Crippen MR) is 105 cm³/mol. The molecule has 0 radical (unpaired) electrons. The van der Waals surface area contributed by atoms with E-state index in [1.807, 2.05) is 0 Å². The highest BCUT2D eigenvalue weighted by molar-refractivity contribution is 6.33. The van der Waals surface area contributed by atoms with E-state index in [1.165, 1.54) is 24.1 Å². The van der Waals surface area contributed by atoms with Crippen molar-refractivity contribution in [3.63, 3.8) is 0 Å². The van der Waals surface area contributed by atoms with E-state index in [4.69, 9.17) is 21.1 Å². The predicted octanol–water partition coefficient (Wildman–Crippen LogP) is 2.44. The zero-order valence-corrected chi connectivity index (χ0v) is 16.8. The molecule has 13 heteroatoms. The van der Waals surface area contributed by atoms with Crippen molar-refractivity contribution in [2.24, 2.45) is 4.99 Å². The summed E-state index contributed by atoms with van der Waals surface area (Å²) < 4.78 is 10.6. The first-order valence-electron chi connectivity index (χ1n) is 8.62. The SMILES string of the molecule is COc1nc(C)nc(Cl)c1NC1=NCCN1C(=O)Oc1ccc(CO[N+](=O)[O-])cc1. The van der Waals surface area contributed by atoms with Gasteiger partial charge in [-0.15, -0.1) is 10.1 Å². The Kier molecular flexibility index (Phi) is 6.47. The summed E-state index contributed by atoms with van der Waals surface area (Å²) in [5.41, 5.74) is 0.830. The number of hydrogen-bond acceptors (Lipinski definition) is 10. The maximum Gasteiger partial charge on any atom is 0.422 e. The van der Waals surface area contributed by atoms with Crippen LogP contribution in [0.3, 0.4) is 0 Å². The minimum absolute atomic E-state index is 0.120. The van der Waals surface area contributed by atoms with Crippen LogP contribution >= 0.6 is 11.6 Å². The van der Waals surface area contributed by atoms with Crippen LogP contribution in [-0.2, 0) is 11.4 Å². The average Bonchev–Trinajstić information content (AvgIpc) is 3.17. The number of halogens is 1. The quantitative estimate of drug-likeness (QED) is 0.410. The highest BCUT2D eigenvalue weighted by Gasteiger charge is 2.28. The van der Waals surface area contributed by atoms with Gasteiger partial charge in [0.2, 0.25) is 11.8 Å². The number of carbonyl (C=O) groups is 1. The van der Waals surface area contributed by atoms with Crippen LogP contribution in [0.5, 0.6) is 11.6 Å². The molecule has 2 aromatic rings. The molecule has 12 nitrogen and oxygen atoms in total. The van der Waals surface area contributed by atoms with Gasteiger partial charge in [-0.05, 0) is 24.6 Å². The normalized spacial score (nSPS) is 12.9. The molecule has 0 saturated heterocycles. The fourth-order valence-electron chi connectivity index (χ4n) is 2.55. The number of carbonyl (C=O) groups excluding carboxylic acids is 1. The van der Waals surface area contributed by atoms with Crippen molar-refractivity contribution < 1.29 is 24.2 Å². The Labute approximate surface area is 175 Å². The van der Waals surface area contributed by atoms with E-state index >= 15 is 0 Å². The number of benzene rings is 1. The van der Waals surface area contributed by atoms with Crippen molar-refractivity contribution >= 4 is 29.3 Å². The summed E-state index contributed by atoms with van der Waals surface area (Å²) >= 11 is 6.17. The lowest BCUT2D eigenvalue weighted by molar-refractivity contribution is -0.763. The second-order valence-electron chi connectivity index (χ2n) is 5.94. The van der Waals surface area contributed by atoms with Crippen LogP contribution in [0.4, 0.5) is 10.5 Å². The fraction of sp³-hybridized carbons (Fsp3) is 0.294. The molecule has 158 valence electrons. The van der Waals surface area contributed by atoms with Gasteiger partial charge in [0.15, 0.2) is 5.15 Å². The largest absolute Gasteiger partial charge is 0.479 e. The van der Waals surface area contributed by atoms with Gasteiger partial charge < -0.3 is 19.6 Å². The third-order valence-corrected chi connectivity index (χ3v) is 4.17. The molecule has 1 aliphatic rings. The second kappa shape index (κ2) is 9.22. The highest BCUT2D eigenvalue weighted by atomic mass is 35.5. The van der Waals surface area contributed by atoms with Crippen molar-refractivity contribution in [1.29, 1.82) is 0 Å². The van der Waals surface area contributed by atoms with Gasteiger partial charge in [-0.2, -0.15) is 4.98 Å². The van der Waals surface area contributed by atoms with Gasteiger partial charge in [-0.1, -0.05) is 23.7 Å². The number of anilines is 1. The summed E-state index contributed by atoms with van der Waals surface area (Å²) in [6.45, 7) is 2.13. The molecule has 0 saturated carbocycles. The van der Waals surface area contributed by atoms with Gasteiger partial charge in [0.1, 0.15) is 23.9 Å². The molecule has 0 spiro atoms. The number of nitrogens with one attached hydrogen (secondary N) is 1. The maximum atomic E-state index is 12.6. The molecule has 2 heterocycles. The molecule has 0 aliphatic carbocycles. The Morgan fingerprint density at radius 1 is 1.33 bits per heavy atom. The zero-order chi connectivity index (χ0) is 21.7. The Morgan fingerprint density at radius 2 is 2.07 bits per heavy atom. The number of aliphatic imine (C=N–C) groups is 1. The molecule has 1 N–H and O–H groups in total. The van der Waals surface area contributed by atoms with E-state index in [-0.39, 0.29) is 35.0 Å². The molecule has 1 aliphatic heterocycles. The van der Waals surface area contributed by atoms with Gasteiger partial charge >= 0.3 is 6.09 Å².